The molecule has 1 N–H and O–H groups in total. The van der Waals surface area contributed by atoms with Crippen molar-refractivity contribution >= 4 is 27.6 Å². The fraction of sp³-hybridized carbons (Fsp3) is 0.400. The Morgan fingerprint density at radius 3 is 2.45 bits per heavy atom. The number of hydrogen-bond donors (Lipinski definition) is 1. The van der Waals surface area contributed by atoms with E-state index in [1.807, 2.05) is 35.2 Å². The number of sulfonamides is 1. The van der Waals surface area contributed by atoms with Crippen LogP contribution in [-0.4, -0.2) is 44.3 Å². The summed E-state index contributed by atoms with van der Waals surface area (Å²) in [5.41, 5.74) is 0.379. The molecule has 29 heavy (non-hydrogen) atoms. The molecule has 0 aliphatic heterocycles. The van der Waals surface area contributed by atoms with Crippen LogP contribution in [0.2, 0.25) is 0 Å². The van der Waals surface area contributed by atoms with Gasteiger partial charge in [-0.3, -0.25) is 4.31 Å². The number of carbonyl (C=O) groups is 1. The lowest BCUT2D eigenvalue weighted by molar-refractivity contribution is 0.0691. The van der Waals surface area contributed by atoms with Crippen molar-refractivity contribution in [3.63, 3.8) is 0 Å². The Balaban J connectivity index is 2.08. The first kappa shape index (κ1) is 21.0. The minimum absolute atomic E-state index is 0.234. The van der Waals surface area contributed by atoms with Gasteiger partial charge < -0.3 is 10.0 Å². The maximum atomic E-state index is 14.7. The summed E-state index contributed by atoms with van der Waals surface area (Å²) < 4.78 is 39.3. The highest BCUT2D eigenvalue weighted by Gasteiger charge is 2.35. The van der Waals surface area contributed by atoms with Crippen LogP contribution in [0.25, 0.3) is 0 Å². The van der Waals surface area contributed by atoms with Crippen molar-refractivity contribution in [3.05, 3.63) is 53.3 Å². The highest BCUT2D eigenvalue weighted by atomic mass is 32.2. The Morgan fingerprint density at radius 2 is 1.93 bits per heavy atom. The molecule has 0 saturated heterocycles. The van der Waals surface area contributed by atoms with Crippen molar-refractivity contribution < 1.29 is 22.7 Å². The molecule has 2 atom stereocenters. The Labute approximate surface area is 169 Å². The van der Waals surface area contributed by atoms with Gasteiger partial charge in [0, 0.05) is 20.1 Å². The molecule has 7 nitrogen and oxygen atoms in total. The lowest BCUT2D eigenvalue weighted by Gasteiger charge is -2.26. The zero-order valence-corrected chi connectivity index (χ0v) is 17.4. The predicted molar refractivity (Wildman–Crippen MR) is 109 cm³/mol. The molecule has 2 aromatic rings. The summed E-state index contributed by atoms with van der Waals surface area (Å²) in [6, 6.07) is 10.7. The number of nitrogens with zero attached hydrogens (tertiary/aromatic N) is 3. The number of pyridine rings is 1. The lowest BCUT2D eigenvalue weighted by atomic mass is 10.1. The SMILES string of the molecule is C[C@@H]1C[C@H]1CN(Cc1ccccc1)c1cc(C(=O)O)c(F)c(N(C)S(C)(=O)=O)n1. The molecule has 0 unspecified atom stereocenters. The highest BCUT2D eigenvalue weighted by Crippen LogP contribution is 2.39. The van der Waals surface area contributed by atoms with E-state index in [2.05, 4.69) is 11.9 Å². The molecular formula is C20H24FN3O4S. The molecule has 0 radical (unpaired) electrons. The fourth-order valence-electron chi connectivity index (χ4n) is 3.17. The van der Waals surface area contributed by atoms with E-state index in [1.165, 1.54) is 6.07 Å². The molecule has 1 aliphatic carbocycles. The van der Waals surface area contributed by atoms with Crippen molar-refractivity contribution in [1.82, 2.24) is 4.98 Å². The number of rotatable bonds is 8. The highest BCUT2D eigenvalue weighted by molar-refractivity contribution is 7.92. The number of anilines is 2. The topological polar surface area (TPSA) is 90.8 Å². The van der Waals surface area contributed by atoms with Crippen molar-refractivity contribution in [1.29, 1.82) is 0 Å². The van der Waals surface area contributed by atoms with Gasteiger partial charge in [0.15, 0.2) is 11.6 Å². The van der Waals surface area contributed by atoms with Crippen LogP contribution >= 0.6 is 0 Å². The largest absolute Gasteiger partial charge is 0.478 e. The molecule has 0 bridgehead atoms. The van der Waals surface area contributed by atoms with E-state index < -0.39 is 33.2 Å². The predicted octanol–water partition coefficient (Wildman–Crippen LogP) is 2.98. The van der Waals surface area contributed by atoms with E-state index in [4.69, 9.17) is 0 Å². The molecule has 1 fully saturated rings. The van der Waals surface area contributed by atoms with E-state index in [0.717, 1.165) is 25.3 Å². The van der Waals surface area contributed by atoms with Gasteiger partial charge in [-0.1, -0.05) is 37.3 Å². The van der Waals surface area contributed by atoms with E-state index in [1.54, 1.807) is 0 Å². The maximum Gasteiger partial charge on any atom is 0.338 e. The van der Waals surface area contributed by atoms with E-state index in [0.29, 0.717) is 29.2 Å². The van der Waals surface area contributed by atoms with Gasteiger partial charge >= 0.3 is 5.97 Å². The number of aromatic carboxylic acids is 1. The number of halogens is 1. The maximum absolute atomic E-state index is 14.7. The van der Waals surface area contributed by atoms with Gasteiger partial charge in [0.25, 0.3) is 0 Å². The van der Waals surface area contributed by atoms with Crippen LogP contribution in [-0.2, 0) is 16.6 Å². The van der Waals surface area contributed by atoms with Gasteiger partial charge in [0.05, 0.1) is 6.26 Å². The quantitative estimate of drug-likeness (QED) is 0.705. The van der Waals surface area contributed by atoms with E-state index >= 15 is 0 Å². The first-order valence-corrected chi connectivity index (χ1v) is 11.1. The summed E-state index contributed by atoms with van der Waals surface area (Å²) in [5.74, 6) is -1.97. The molecule has 9 heteroatoms. The molecule has 3 rings (SSSR count). The molecule has 1 aromatic heterocycles. The monoisotopic (exact) mass is 421 g/mol. The molecule has 0 spiro atoms. The minimum Gasteiger partial charge on any atom is -0.478 e. The molecule has 1 aliphatic rings. The van der Waals surface area contributed by atoms with Gasteiger partial charge in [-0.25, -0.2) is 22.6 Å². The first-order valence-electron chi connectivity index (χ1n) is 9.24. The summed E-state index contributed by atoms with van der Waals surface area (Å²) in [4.78, 5) is 17.7. The Hall–Kier alpha value is -2.68. The van der Waals surface area contributed by atoms with Crippen LogP contribution in [0.5, 0.6) is 0 Å². The zero-order valence-electron chi connectivity index (χ0n) is 16.5. The fourth-order valence-corrected chi connectivity index (χ4v) is 3.60. The van der Waals surface area contributed by atoms with E-state index in [-0.39, 0.29) is 5.82 Å². The number of carboxylic acids is 1. The van der Waals surface area contributed by atoms with Crippen LogP contribution in [0.4, 0.5) is 16.0 Å². The van der Waals surface area contributed by atoms with Crippen LogP contribution in [0.1, 0.15) is 29.3 Å². The lowest BCUT2D eigenvalue weighted by Crippen LogP contribution is -2.31. The molecule has 1 aromatic carbocycles. The van der Waals surface area contributed by atoms with Gasteiger partial charge in [-0.2, -0.15) is 0 Å². The first-order chi connectivity index (χ1) is 13.6. The average molecular weight is 421 g/mol. The second-order valence-corrected chi connectivity index (χ2v) is 9.55. The summed E-state index contributed by atoms with van der Waals surface area (Å²) in [6.07, 6.45) is 1.96. The van der Waals surface area contributed by atoms with Crippen molar-refractivity contribution in [3.8, 4) is 0 Å². The number of aromatic nitrogens is 1. The van der Waals surface area contributed by atoms with Crippen LogP contribution < -0.4 is 9.21 Å². The summed E-state index contributed by atoms with van der Waals surface area (Å²) in [5, 5.41) is 9.45. The van der Waals surface area contributed by atoms with Crippen molar-refractivity contribution in [2.75, 3.05) is 29.1 Å². The van der Waals surface area contributed by atoms with E-state index in [9.17, 15) is 22.7 Å². The van der Waals surface area contributed by atoms with Crippen molar-refractivity contribution in [2.24, 2.45) is 11.8 Å². The average Bonchev–Trinajstić information content (AvgIpc) is 3.35. The van der Waals surface area contributed by atoms with Gasteiger partial charge in [0.1, 0.15) is 11.4 Å². The third-order valence-electron chi connectivity index (χ3n) is 5.22. The molecule has 1 heterocycles. The van der Waals surface area contributed by atoms with Gasteiger partial charge in [-0.15, -0.1) is 0 Å². The van der Waals surface area contributed by atoms with Crippen LogP contribution in [0.15, 0.2) is 36.4 Å². The summed E-state index contributed by atoms with van der Waals surface area (Å²) in [7, 11) is -2.67. The van der Waals surface area contributed by atoms with Crippen LogP contribution in [0, 0.1) is 17.7 Å². The van der Waals surface area contributed by atoms with Crippen LogP contribution in [0.3, 0.4) is 0 Å². The Bertz CT molecular complexity index is 1010. The third kappa shape index (κ3) is 4.84. The second-order valence-electron chi connectivity index (χ2n) is 7.54. The van der Waals surface area contributed by atoms with Gasteiger partial charge in [-0.05, 0) is 29.9 Å². The molecule has 1 saturated carbocycles. The molecule has 0 amide bonds. The zero-order chi connectivity index (χ0) is 21.3. The Kier molecular flexibility index (Phi) is 5.79. The summed E-state index contributed by atoms with van der Waals surface area (Å²) >= 11 is 0. The third-order valence-corrected chi connectivity index (χ3v) is 6.39. The number of hydrogen-bond acceptors (Lipinski definition) is 5. The smallest absolute Gasteiger partial charge is 0.338 e. The molecular weight excluding hydrogens is 397 g/mol. The minimum atomic E-state index is -3.82. The number of carboxylic acid groups (broad SMARTS) is 1. The normalized spacial score (nSPS) is 18.3. The Morgan fingerprint density at radius 1 is 1.31 bits per heavy atom. The van der Waals surface area contributed by atoms with Crippen molar-refractivity contribution in [2.45, 2.75) is 19.9 Å². The second kappa shape index (κ2) is 7.98. The number of benzene rings is 1. The standard InChI is InChI=1S/C20H24FN3O4S/c1-13-9-15(13)12-24(11-14-7-5-4-6-8-14)17-10-16(20(25)26)18(21)19(22-17)23(2)29(3,27)28/h4-8,10,13,15H,9,11-12H2,1-3H3,(H,25,26)/t13-,15+/m1/s1. The van der Waals surface area contributed by atoms with Gasteiger partial charge in [0.2, 0.25) is 10.0 Å². The summed E-state index contributed by atoms with van der Waals surface area (Å²) in [6.45, 7) is 3.20. The molecule has 156 valence electrons.